The van der Waals surface area contributed by atoms with E-state index < -0.39 is 0 Å². The molecule has 1 aromatic carbocycles. The molecule has 4 rings (SSSR count). The van der Waals surface area contributed by atoms with Crippen LogP contribution in [-0.4, -0.2) is 29.3 Å². The Morgan fingerprint density at radius 1 is 1.26 bits per heavy atom. The number of ether oxygens (including phenoxy) is 1. The molecule has 0 spiro atoms. The quantitative estimate of drug-likeness (QED) is 0.705. The molecule has 1 aliphatic rings. The Kier molecular flexibility index (Phi) is 5.31. The van der Waals surface area contributed by atoms with Crippen LogP contribution in [0.4, 0.5) is 0 Å². The Labute approximate surface area is 161 Å². The molecule has 1 atom stereocenters. The van der Waals surface area contributed by atoms with E-state index in [1.54, 1.807) is 11.3 Å². The maximum absolute atomic E-state index is 12.2. The van der Waals surface area contributed by atoms with Crippen molar-refractivity contribution in [2.75, 3.05) is 13.2 Å². The molecule has 0 saturated carbocycles. The van der Waals surface area contributed by atoms with Crippen LogP contribution in [0.3, 0.4) is 0 Å². The van der Waals surface area contributed by atoms with Gasteiger partial charge in [0.05, 0.1) is 11.5 Å². The van der Waals surface area contributed by atoms with Crippen molar-refractivity contribution in [3.05, 3.63) is 58.3 Å². The number of fused-ring (bicyclic) bond motifs is 1. The first-order chi connectivity index (χ1) is 13.2. The van der Waals surface area contributed by atoms with Crippen LogP contribution in [0.5, 0.6) is 0 Å². The highest BCUT2D eigenvalue weighted by molar-refractivity contribution is 7.15. The van der Waals surface area contributed by atoms with Crippen LogP contribution in [0.1, 0.15) is 34.4 Å². The second-order valence-corrected chi connectivity index (χ2v) is 7.81. The van der Waals surface area contributed by atoms with E-state index in [1.807, 2.05) is 31.2 Å². The third kappa shape index (κ3) is 4.26. The summed E-state index contributed by atoms with van der Waals surface area (Å²) in [7, 11) is 0. The highest BCUT2D eigenvalue weighted by Crippen LogP contribution is 2.27. The minimum absolute atomic E-state index is 0.0478. The summed E-state index contributed by atoms with van der Waals surface area (Å²) >= 11 is 1.61. The van der Waals surface area contributed by atoms with Crippen molar-refractivity contribution in [3.8, 4) is 10.8 Å². The van der Waals surface area contributed by atoms with Gasteiger partial charge in [-0.05, 0) is 36.6 Å². The third-order valence-corrected chi connectivity index (χ3v) is 5.55. The zero-order valence-electron chi connectivity index (χ0n) is 15.1. The Bertz CT molecular complexity index is 934. The number of nitrogens with zero attached hydrogens (tertiary/aromatic N) is 2. The molecule has 0 aliphatic carbocycles. The molecular formula is C20H21N3O3S. The molecular weight excluding hydrogens is 362 g/mol. The Hall–Kier alpha value is -2.51. The number of thiophene rings is 1. The summed E-state index contributed by atoms with van der Waals surface area (Å²) in [5, 5.41) is 11.1. The number of aromatic nitrogens is 2. The number of amides is 1. The molecule has 6 nitrogen and oxygen atoms in total. The molecule has 0 unspecified atom stereocenters. The lowest BCUT2D eigenvalue weighted by molar-refractivity contribution is -0.121. The lowest BCUT2D eigenvalue weighted by Gasteiger charge is -2.26. The number of aryl methyl sites for hydroxylation is 2. The van der Waals surface area contributed by atoms with E-state index in [4.69, 9.17) is 9.15 Å². The molecule has 1 amide bonds. The first-order valence-corrected chi connectivity index (χ1v) is 9.86. The van der Waals surface area contributed by atoms with Gasteiger partial charge in [0.2, 0.25) is 11.8 Å². The average Bonchev–Trinajstić information content (AvgIpc) is 3.33. The predicted octanol–water partition coefficient (Wildman–Crippen LogP) is 3.47. The fourth-order valence-corrected chi connectivity index (χ4v) is 3.95. The summed E-state index contributed by atoms with van der Waals surface area (Å²) in [6, 6.07) is 12.2. The summed E-state index contributed by atoms with van der Waals surface area (Å²) in [5.41, 5.74) is 2.46. The van der Waals surface area contributed by atoms with Gasteiger partial charge < -0.3 is 14.5 Å². The fraction of sp³-hybridized carbons (Fsp3) is 0.350. The zero-order chi connectivity index (χ0) is 18.6. The summed E-state index contributed by atoms with van der Waals surface area (Å²) in [4.78, 5) is 14.3. The van der Waals surface area contributed by atoms with Gasteiger partial charge in [-0.3, -0.25) is 4.79 Å². The van der Waals surface area contributed by atoms with E-state index in [9.17, 15) is 4.79 Å². The summed E-state index contributed by atoms with van der Waals surface area (Å²) in [6.07, 6.45) is 1.56. The van der Waals surface area contributed by atoms with Crippen molar-refractivity contribution in [2.45, 2.75) is 32.3 Å². The van der Waals surface area contributed by atoms with Crippen molar-refractivity contribution in [2.24, 2.45) is 0 Å². The fourth-order valence-electron chi connectivity index (χ4n) is 3.16. The Morgan fingerprint density at radius 2 is 2.15 bits per heavy atom. The smallest absolute Gasteiger partial charge is 0.257 e. The van der Waals surface area contributed by atoms with E-state index in [0.29, 0.717) is 37.8 Å². The van der Waals surface area contributed by atoms with Gasteiger partial charge in [0.25, 0.3) is 5.89 Å². The molecule has 3 aromatic rings. The summed E-state index contributed by atoms with van der Waals surface area (Å²) in [6.45, 7) is 3.19. The molecule has 3 heterocycles. The molecule has 27 heavy (non-hydrogen) atoms. The van der Waals surface area contributed by atoms with E-state index in [1.165, 1.54) is 10.4 Å². The molecule has 0 saturated heterocycles. The van der Waals surface area contributed by atoms with Crippen molar-refractivity contribution in [1.29, 1.82) is 0 Å². The second kappa shape index (κ2) is 8.02. The molecule has 7 heteroatoms. The van der Waals surface area contributed by atoms with Crippen LogP contribution < -0.4 is 5.32 Å². The highest BCUT2D eigenvalue weighted by atomic mass is 32.1. The SMILES string of the molecule is Cc1ccc(-c2nnc(CCC(=O)NC[C@H]3OCCc4ccccc43)o2)s1. The minimum Gasteiger partial charge on any atom is -0.420 e. The van der Waals surface area contributed by atoms with Crippen molar-refractivity contribution in [1.82, 2.24) is 15.5 Å². The standard InChI is InChI=1S/C20H21N3O3S/c1-13-6-7-17(27-13)20-23-22-19(26-20)9-8-18(24)21-12-16-15-5-3-2-4-14(15)10-11-25-16/h2-7,16H,8-12H2,1H3,(H,21,24)/t16-/m1/s1. The van der Waals surface area contributed by atoms with Gasteiger partial charge in [-0.1, -0.05) is 24.3 Å². The molecule has 0 fully saturated rings. The number of carbonyl (C=O) groups excluding carboxylic acids is 1. The van der Waals surface area contributed by atoms with Crippen molar-refractivity contribution >= 4 is 17.2 Å². The maximum atomic E-state index is 12.2. The van der Waals surface area contributed by atoms with Crippen LogP contribution in [0.25, 0.3) is 10.8 Å². The highest BCUT2D eigenvalue weighted by Gasteiger charge is 2.21. The Morgan fingerprint density at radius 3 is 3.00 bits per heavy atom. The predicted molar refractivity (Wildman–Crippen MR) is 103 cm³/mol. The van der Waals surface area contributed by atoms with Crippen molar-refractivity contribution < 1.29 is 13.9 Å². The topological polar surface area (TPSA) is 77.2 Å². The Balaban J connectivity index is 1.28. The maximum Gasteiger partial charge on any atom is 0.257 e. The number of carbonyl (C=O) groups is 1. The average molecular weight is 383 g/mol. The van der Waals surface area contributed by atoms with Crippen LogP contribution in [0.15, 0.2) is 40.8 Å². The van der Waals surface area contributed by atoms with E-state index >= 15 is 0 Å². The first-order valence-electron chi connectivity index (χ1n) is 9.04. The molecule has 0 radical (unpaired) electrons. The summed E-state index contributed by atoms with van der Waals surface area (Å²) < 4.78 is 11.5. The van der Waals surface area contributed by atoms with Gasteiger partial charge in [-0.2, -0.15) is 0 Å². The van der Waals surface area contributed by atoms with Crippen LogP contribution >= 0.6 is 11.3 Å². The van der Waals surface area contributed by atoms with Gasteiger partial charge in [0.1, 0.15) is 6.10 Å². The number of hydrogen-bond donors (Lipinski definition) is 1. The zero-order valence-corrected chi connectivity index (χ0v) is 15.9. The monoisotopic (exact) mass is 383 g/mol. The lowest BCUT2D eigenvalue weighted by Crippen LogP contribution is -2.32. The molecule has 0 bridgehead atoms. The molecule has 1 aliphatic heterocycles. The first kappa shape index (κ1) is 17.9. The van der Waals surface area contributed by atoms with E-state index in [2.05, 4.69) is 27.6 Å². The van der Waals surface area contributed by atoms with Crippen molar-refractivity contribution in [3.63, 3.8) is 0 Å². The molecule has 2 aromatic heterocycles. The van der Waals surface area contributed by atoms with Crippen LogP contribution in [0.2, 0.25) is 0 Å². The number of rotatable bonds is 6. The third-order valence-electron chi connectivity index (χ3n) is 4.56. The lowest BCUT2D eigenvalue weighted by atomic mass is 9.97. The van der Waals surface area contributed by atoms with Gasteiger partial charge in [0, 0.05) is 24.3 Å². The van der Waals surface area contributed by atoms with Gasteiger partial charge in [0.15, 0.2) is 0 Å². The number of benzene rings is 1. The van der Waals surface area contributed by atoms with Crippen LogP contribution in [-0.2, 0) is 22.4 Å². The largest absolute Gasteiger partial charge is 0.420 e. The minimum atomic E-state index is -0.0871. The van der Waals surface area contributed by atoms with Gasteiger partial charge in [-0.15, -0.1) is 21.5 Å². The van der Waals surface area contributed by atoms with E-state index in [-0.39, 0.29) is 12.0 Å². The van der Waals surface area contributed by atoms with Crippen LogP contribution in [0, 0.1) is 6.92 Å². The number of hydrogen-bond acceptors (Lipinski definition) is 6. The van der Waals surface area contributed by atoms with E-state index in [0.717, 1.165) is 16.9 Å². The summed E-state index contributed by atoms with van der Waals surface area (Å²) in [5.74, 6) is 0.939. The molecule has 140 valence electrons. The van der Waals surface area contributed by atoms with Gasteiger partial charge in [-0.25, -0.2) is 0 Å². The molecule has 1 N–H and O–H groups in total. The normalized spacial score (nSPS) is 16.1. The second-order valence-electron chi connectivity index (χ2n) is 6.52. The number of nitrogens with one attached hydrogen (secondary N) is 1. The van der Waals surface area contributed by atoms with Gasteiger partial charge >= 0.3 is 0 Å².